The van der Waals surface area contributed by atoms with Crippen molar-refractivity contribution in [3.05, 3.63) is 46.8 Å². The summed E-state index contributed by atoms with van der Waals surface area (Å²) >= 11 is 0. The summed E-state index contributed by atoms with van der Waals surface area (Å²) in [7, 11) is 0. The maximum atomic E-state index is 9.69. The van der Waals surface area contributed by atoms with Gasteiger partial charge in [0.25, 0.3) is 0 Å². The van der Waals surface area contributed by atoms with Crippen molar-refractivity contribution >= 4 is 0 Å². The molecule has 21 heavy (non-hydrogen) atoms. The first-order valence-corrected chi connectivity index (χ1v) is 7.78. The quantitative estimate of drug-likeness (QED) is 0.740. The first-order chi connectivity index (χ1) is 10.2. The van der Waals surface area contributed by atoms with Crippen molar-refractivity contribution in [1.29, 1.82) is 0 Å². The zero-order valence-corrected chi connectivity index (χ0v) is 12.5. The number of aromatic hydroxyl groups is 1. The molecule has 1 aliphatic rings. The molecule has 1 unspecified atom stereocenters. The van der Waals surface area contributed by atoms with Gasteiger partial charge in [0, 0.05) is 11.7 Å². The predicted octanol–water partition coefficient (Wildman–Crippen LogP) is 3.02. The SMILES string of the molecule is Cc1[nH]ncc1CCCNC1CCCc2ccc(O)cc21. The summed E-state index contributed by atoms with van der Waals surface area (Å²) in [6, 6.07) is 6.16. The van der Waals surface area contributed by atoms with Gasteiger partial charge in [-0.15, -0.1) is 0 Å². The molecule has 3 N–H and O–H groups in total. The number of aromatic amines is 1. The lowest BCUT2D eigenvalue weighted by atomic mass is 9.87. The number of hydrogen-bond acceptors (Lipinski definition) is 3. The molecule has 1 aromatic carbocycles. The molecular formula is C17H23N3O. The summed E-state index contributed by atoms with van der Waals surface area (Å²) in [5, 5.41) is 20.4. The van der Waals surface area contributed by atoms with E-state index >= 15 is 0 Å². The smallest absolute Gasteiger partial charge is 0.115 e. The van der Waals surface area contributed by atoms with Gasteiger partial charge in [0.2, 0.25) is 0 Å². The van der Waals surface area contributed by atoms with E-state index in [4.69, 9.17) is 0 Å². The van der Waals surface area contributed by atoms with Gasteiger partial charge >= 0.3 is 0 Å². The minimum absolute atomic E-state index is 0.372. The Morgan fingerprint density at radius 2 is 2.33 bits per heavy atom. The molecule has 1 aromatic heterocycles. The van der Waals surface area contributed by atoms with Crippen LogP contribution in [0.15, 0.2) is 24.4 Å². The Morgan fingerprint density at radius 3 is 3.14 bits per heavy atom. The summed E-state index contributed by atoms with van der Waals surface area (Å²) < 4.78 is 0. The molecule has 2 aromatic rings. The number of phenolic OH excluding ortho intramolecular Hbond substituents is 1. The van der Waals surface area contributed by atoms with Crippen molar-refractivity contribution in [2.75, 3.05) is 6.54 Å². The van der Waals surface area contributed by atoms with E-state index in [0.29, 0.717) is 11.8 Å². The maximum absolute atomic E-state index is 9.69. The van der Waals surface area contributed by atoms with Gasteiger partial charge in [0.05, 0.1) is 6.20 Å². The molecule has 0 saturated carbocycles. The number of hydrogen-bond donors (Lipinski definition) is 3. The second-order valence-electron chi connectivity index (χ2n) is 5.91. The highest BCUT2D eigenvalue weighted by Gasteiger charge is 2.19. The second-order valence-corrected chi connectivity index (χ2v) is 5.91. The molecule has 0 saturated heterocycles. The highest BCUT2D eigenvalue weighted by molar-refractivity contribution is 5.38. The van der Waals surface area contributed by atoms with Crippen LogP contribution in [0, 0.1) is 6.92 Å². The van der Waals surface area contributed by atoms with E-state index in [1.807, 2.05) is 12.3 Å². The molecule has 0 bridgehead atoms. The first-order valence-electron chi connectivity index (χ1n) is 7.78. The Hall–Kier alpha value is -1.81. The number of phenols is 1. The van der Waals surface area contributed by atoms with Crippen LogP contribution in [0.25, 0.3) is 0 Å². The lowest BCUT2D eigenvalue weighted by Crippen LogP contribution is -2.26. The highest BCUT2D eigenvalue weighted by atomic mass is 16.3. The number of rotatable bonds is 5. The number of aromatic nitrogens is 2. The van der Waals surface area contributed by atoms with E-state index < -0.39 is 0 Å². The van der Waals surface area contributed by atoms with Crippen molar-refractivity contribution in [3.8, 4) is 5.75 Å². The number of nitrogens with zero attached hydrogens (tertiary/aromatic N) is 1. The molecule has 4 nitrogen and oxygen atoms in total. The molecule has 0 aliphatic heterocycles. The van der Waals surface area contributed by atoms with Crippen LogP contribution >= 0.6 is 0 Å². The van der Waals surface area contributed by atoms with Crippen LogP contribution in [-0.4, -0.2) is 21.8 Å². The molecule has 112 valence electrons. The summed E-state index contributed by atoms with van der Waals surface area (Å²) in [5.74, 6) is 0.372. The third-order valence-electron chi connectivity index (χ3n) is 4.39. The Kier molecular flexibility index (Phi) is 4.25. The predicted molar refractivity (Wildman–Crippen MR) is 83.4 cm³/mol. The lowest BCUT2D eigenvalue weighted by Gasteiger charge is -2.26. The Balaban J connectivity index is 1.55. The number of nitrogens with one attached hydrogen (secondary N) is 2. The average Bonchev–Trinajstić information content (AvgIpc) is 2.89. The zero-order chi connectivity index (χ0) is 14.7. The Labute approximate surface area is 125 Å². The molecular weight excluding hydrogens is 262 g/mol. The van der Waals surface area contributed by atoms with E-state index in [2.05, 4.69) is 28.5 Å². The third kappa shape index (κ3) is 3.27. The van der Waals surface area contributed by atoms with E-state index in [0.717, 1.165) is 32.2 Å². The minimum atomic E-state index is 0.372. The third-order valence-corrected chi connectivity index (χ3v) is 4.39. The summed E-state index contributed by atoms with van der Waals surface area (Å²) in [4.78, 5) is 0. The number of aryl methyl sites for hydroxylation is 3. The monoisotopic (exact) mass is 285 g/mol. The maximum Gasteiger partial charge on any atom is 0.115 e. The summed E-state index contributed by atoms with van der Waals surface area (Å²) in [6.07, 6.45) is 7.57. The summed E-state index contributed by atoms with van der Waals surface area (Å²) in [6.45, 7) is 3.06. The molecule has 0 radical (unpaired) electrons. The van der Waals surface area contributed by atoms with Gasteiger partial charge in [-0.25, -0.2) is 0 Å². The topological polar surface area (TPSA) is 60.9 Å². The fraction of sp³-hybridized carbons (Fsp3) is 0.471. The molecule has 1 atom stereocenters. The van der Waals surface area contributed by atoms with Crippen LogP contribution in [0.1, 0.15) is 47.7 Å². The summed E-state index contributed by atoms with van der Waals surface area (Å²) in [5.41, 5.74) is 5.13. The van der Waals surface area contributed by atoms with Gasteiger partial charge in [-0.05, 0) is 74.4 Å². The number of H-pyrrole nitrogens is 1. The zero-order valence-electron chi connectivity index (χ0n) is 12.5. The van der Waals surface area contributed by atoms with Gasteiger partial charge in [-0.3, -0.25) is 5.10 Å². The van der Waals surface area contributed by atoms with Crippen molar-refractivity contribution in [2.24, 2.45) is 0 Å². The van der Waals surface area contributed by atoms with Crippen LogP contribution in [-0.2, 0) is 12.8 Å². The van der Waals surface area contributed by atoms with E-state index in [9.17, 15) is 5.11 Å². The minimum Gasteiger partial charge on any atom is -0.508 e. The largest absolute Gasteiger partial charge is 0.508 e. The Bertz CT molecular complexity index is 606. The van der Waals surface area contributed by atoms with Crippen LogP contribution < -0.4 is 5.32 Å². The van der Waals surface area contributed by atoms with Crippen molar-refractivity contribution in [2.45, 2.75) is 45.1 Å². The Morgan fingerprint density at radius 1 is 1.43 bits per heavy atom. The first kappa shape index (κ1) is 14.1. The van der Waals surface area contributed by atoms with Gasteiger partial charge < -0.3 is 10.4 Å². The second kappa shape index (κ2) is 6.31. The molecule has 1 heterocycles. The molecule has 3 rings (SSSR count). The van der Waals surface area contributed by atoms with Crippen LogP contribution in [0.3, 0.4) is 0 Å². The normalized spacial score (nSPS) is 17.7. The number of benzene rings is 1. The van der Waals surface area contributed by atoms with Crippen molar-refractivity contribution < 1.29 is 5.11 Å². The van der Waals surface area contributed by atoms with Crippen LogP contribution in [0.4, 0.5) is 0 Å². The highest BCUT2D eigenvalue weighted by Crippen LogP contribution is 2.32. The van der Waals surface area contributed by atoms with Gasteiger partial charge in [-0.1, -0.05) is 6.07 Å². The van der Waals surface area contributed by atoms with Gasteiger partial charge in [0.15, 0.2) is 0 Å². The molecule has 0 amide bonds. The lowest BCUT2D eigenvalue weighted by molar-refractivity contribution is 0.444. The molecule has 1 aliphatic carbocycles. The molecule has 0 fully saturated rings. The average molecular weight is 285 g/mol. The standard InChI is InChI=1S/C17H23N3O/c1-12-14(11-19-20-12)5-3-9-18-17-6-2-4-13-7-8-15(21)10-16(13)17/h7-8,10-11,17-18,21H,2-6,9H2,1H3,(H,19,20). The van der Waals surface area contributed by atoms with Gasteiger partial charge in [0.1, 0.15) is 5.75 Å². The fourth-order valence-corrected chi connectivity index (χ4v) is 3.18. The van der Waals surface area contributed by atoms with Crippen LogP contribution in [0.2, 0.25) is 0 Å². The van der Waals surface area contributed by atoms with E-state index in [-0.39, 0.29) is 0 Å². The van der Waals surface area contributed by atoms with Crippen molar-refractivity contribution in [3.63, 3.8) is 0 Å². The molecule has 4 heteroatoms. The van der Waals surface area contributed by atoms with Gasteiger partial charge in [-0.2, -0.15) is 5.10 Å². The fourth-order valence-electron chi connectivity index (χ4n) is 3.18. The van der Waals surface area contributed by atoms with Crippen molar-refractivity contribution in [1.82, 2.24) is 15.5 Å². The van der Waals surface area contributed by atoms with E-state index in [1.54, 1.807) is 6.07 Å². The van der Waals surface area contributed by atoms with Crippen LogP contribution in [0.5, 0.6) is 5.75 Å². The van der Waals surface area contributed by atoms with E-state index in [1.165, 1.54) is 28.8 Å². The molecule has 0 spiro atoms. The number of fused-ring (bicyclic) bond motifs is 1.